The number of pyridine rings is 1. The second-order valence-electron chi connectivity index (χ2n) is 4.04. The van der Waals surface area contributed by atoms with E-state index in [2.05, 4.69) is 15.5 Å². The highest BCUT2D eigenvalue weighted by atomic mass is 19.1. The molecule has 3 N–H and O–H groups in total. The van der Waals surface area contributed by atoms with Crippen molar-refractivity contribution in [2.45, 2.75) is 6.42 Å². The summed E-state index contributed by atoms with van der Waals surface area (Å²) >= 11 is 0. The molecule has 0 fully saturated rings. The molecule has 2 aromatic rings. The van der Waals surface area contributed by atoms with Crippen molar-refractivity contribution in [3.8, 4) is 0 Å². The molecule has 0 bridgehead atoms. The smallest absolute Gasteiger partial charge is 0.244 e. The van der Waals surface area contributed by atoms with E-state index in [1.807, 2.05) is 0 Å². The monoisotopic (exact) mass is 272 g/mol. The van der Waals surface area contributed by atoms with E-state index in [0.717, 1.165) is 0 Å². The van der Waals surface area contributed by atoms with E-state index in [1.165, 1.54) is 6.07 Å². The molecule has 0 aliphatic heterocycles. The third-order valence-corrected chi connectivity index (χ3v) is 2.59. The summed E-state index contributed by atoms with van der Waals surface area (Å²) in [7, 11) is 0. The Kier molecular flexibility index (Phi) is 4.39. The van der Waals surface area contributed by atoms with Gasteiger partial charge in [0.25, 0.3) is 0 Å². The van der Waals surface area contributed by atoms with Crippen LogP contribution in [0.25, 0.3) is 0 Å². The first-order valence-electron chi connectivity index (χ1n) is 5.92. The van der Waals surface area contributed by atoms with Gasteiger partial charge in [-0.25, -0.2) is 9.82 Å². The van der Waals surface area contributed by atoms with Crippen molar-refractivity contribution in [3.63, 3.8) is 0 Å². The molecule has 0 aliphatic carbocycles. The Morgan fingerprint density at radius 1 is 1.25 bits per heavy atom. The van der Waals surface area contributed by atoms with Gasteiger partial charge in [0.05, 0.1) is 6.42 Å². The number of amidine groups is 1. The first-order valence-corrected chi connectivity index (χ1v) is 5.92. The van der Waals surface area contributed by atoms with Gasteiger partial charge in [-0.2, -0.15) is 5.10 Å². The van der Waals surface area contributed by atoms with E-state index < -0.39 is 11.7 Å². The van der Waals surface area contributed by atoms with Crippen molar-refractivity contribution in [3.05, 3.63) is 65.7 Å². The zero-order valence-electron chi connectivity index (χ0n) is 10.6. The van der Waals surface area contributed by atoms with E-state index in [-0.39, 0.29) is 12.3 Å². The number of benzene rings is 1. The normalized spacial score (nSPS) is 11.2. The van der Waals surface area contributed by atoms with Crippen LogP contribution in [0.15, 0.2) is 53.9 Å². The molecule has 1 aromatic heterocycles. The van der Waals surface area contributed by atoms with Crippen LogP contribution in [0.4, 0.5) is 4.39 Å². The lowest BCUT2D eigenvalue weighted by Gasteiger charge is -2.03. The zero-order chi connectivity index (χ0) is 14.4. The highest BCUT2D eigenvalue weighted by Crippen LogP contribution is 2.06. The molecular formula is C14H13FN4O. The Hall–Kier alpha value is -2.76. The van der Waals surface area contributed by atoms with Crippen molar-refractivity contribution in [1.82, 2.24) is 10.4 Å². The van der Waals surface area contributed by atoms with Crippen LogP contribution < -0.4 is 11.2 Å². The highest BCUT2D eigenvalue weighted by molar-refractivity contribution is 5.97. The number of nitrogens with one attached hydrogen (secondary N) is 1. The Morgan fingerprint density at radius 3 is 2.65 bits per heavy atom. The van der Waals surface area contributed by atoms with Crippen LogP contribution in [0.5, 0.6) is 0 Å². The van der Waals surface area contributed by atoms with Crippen LogP contribution in [0.2, 0.25) is 0 Å². The first-order chi connectivity index (χ1) is 9.66. The van der Waals surface area contributed by atoms with Crippen LogP contribution in [-0.4, -0.2) is 16.7 Å². The summed E-state index contributed by atoms with van der Waals surface area (Å²) < 4.78 is 13.4. The molecule has 5 nitrogen and oxygen atoms in total. The molecule has 20 heavy (non-hydrogen) atoms. The van der Waals surface area contributed by atoms with Gasteiger partial charge >= 0.3 is 0 Å². The summed E-state index contributed by atoms with van der Waals surface area (Å²) in [6.07, 6.45) is 3.04. The average Bonchev–Trinajstić information content (AvgIpc) is 2.48. The number of hydrogen-bond donors (Lipinski definition) is 2. The summed E-state index contributed by atoms with van der Waals surface area (Å²) in [5.74, 6) is -0.699. The number of nitrogens with two attached hydrogens (primary N) is 1. The van der Waals surface area contributed by atoms with Gasteiger partial charge in [0.15, 0.2) is 5.84 Å². The van der Waals surface area contributed by atoms with Gasteiger partial charge in [0, 0.05) is 18.0 Å². The zero-order valence-corrected chi connectivity index (χ0v) is 10.6. The largest absolute Gasteiger partial charge is 0.382 e. The molecule has 0 radical (unpaired) electrons. The van der Waals surface area contributed by atoms with Crippen molar-refractivity contribution < 1.29 is 9.18 Å². The lowest BCUT2D eigenvalue weighted by Crippen LogP contribution is -2.25. The Bertz CT molecular complexity index is 628. The number of hydrogen-bond acceptors (Lipinski definition) is 3. The number of rotatable bonds is 4. The lowest BCUT2D eigenvalue weighted by molar-refractivity contribution is -0.120. The number of nitrogens with zero attached hydrogens (tertiary/aromatic N) is 2. The van der Waals surface area contributed by atoms with Crippen molar-refractivity contribution >= 4 is 11.7 Å². The molecule has 1 heterocycles. The first kappa shape index (κ1) is 13.7. The summed E-state index contributed by atoms with van der Waals surface area (Å²) in [4.78, 5) is 15.5. The summed E-state index contributed by atoms with van der Waals surface area (Å²) in [5.41, 5.74) is 8.95. The molecule has 1 aromatic carbocycles. The standard InChI is InChI=1S/C14H13FN4O/c15-12-4-2-1-3-11(12)9-13(20)18-19-14(16)10-5-7-17-8-6-10/h1-8H,9H2,(H2,16,19)(H,18,20). The lowest BCUT2D eigenvalue weighted by atomic mass is 10.1. The van der Waals surface area contributed by atoms with Crippen LogP contribution in [0.1, 0.15) is 11.1 Å². The summed E-state index contributed by atoms with van der Waals surface area (Å²) in [6.45, 7) is 0. The number of carbonyl (C=O) groups excluding carboxylic acids is 1. The van der Waals surface area contributed by atoms with E-state index >= 15 is 0 Å². The van der Waals surface area contributed by atoms with Crippen molar-refractivity contribution in [1.29, 1.82) is 0 Å². The molecule has 102 valence electrons. The van der Waals surface area contributed by atoms with Gasteiger partial charge in [-0.05, 0) is 23.8 Å². The minimum atomic E-state index is -0.438. The number of carbonyl (C=O) groups is 1. The molecule has 0 unspecified atom stereocenters. The minimum Gasteiger partial charge on any atom is -0.382 e. The average molecular weight is 272 g/mol. The fraction of sp³-hybridized carbons (Fsp3) is 0.0714. The second kappa shape index (κ2) is 6.42. The number of hydrazone groups is 1. The molecule has 0 saturated carbocycles. The molecule has 0 aliphatic rings. The molecule has 1 amide bonds. The van der Waals surface area contributed by atoms with Gasteiger partial charge < -0.3 is 5.73 Å². The van der Waals surface area contributed by atoms with Gasteiger partial charge in [0.1, 0.15) is 5.82 Å². The molecule has 0 spiro atoms. The van der Waals surface area contributed by atoms with Gasteiger partial charge in [-0.3, -0.25) is 9.78 Å². The topological polar surface area (TPSA) is 80.4 Å². The molecule has 2 rings (SSSR count). The maximum atomic E-state index is 13.4. The Morgan fingerprint density at radius 2 is 1.95 bits per heavy atom. The van der Waals surface area contributed by atoms with E-state index in [0.29, 0.717) is 11.1 Å². The molecule has 6 heteroatoms. The van der Waals surface area contributed by atoms with Crippen LogP contribution >= 0.6 is 0 Å². The fourth-order valence-electron chi connectivity index (χ4n) is 1.56. The van der Waals surface area contributed by atoms with Gasteiger partial charge in [0.2, 0.25) is 5.91 Å². The van der Waals surface area contributed by atoms with E-state index in [4.69, 9.17) is 5.73 Å². The SMILES string of the molecule is NC(=NNC(=O)Cc1ccccc1F)c1ccncc1. The quantitative estimate of drug-likeness (QED) is 0.498. The highest BCUT2D eigenvalue weighted by Gasteiger charge is 2.07. The van der Waals surface area contributed by atoms with Crippen molar-refractivity contribution in [2.75, 3.05) is 0 Å². The van der Waals surface area contributed by atoms with E-state index in [9.17, 15) is 9.18 Å². The predicted octanol–water partition coefficient (Wildman–Crippen LogP) is 1.20. The van der Waals surface area contributed by atoms with Crippen LogP contribution in [-0.2, 0) is 11.2 Å². The van der Waals surface area contributed by atoms with Crippen LogP contribution in [0, 0.1) is 5.82 Å². The maximum Gasteiger partial charge on any atom is 0.244 e. The van der Waals surface area contributed by atoms with E-state index in [1.54, 1.807) is 42.7 Å². The van der Waals surface area contributed by atoms with Gasteiger partial charge in [-0.15, -0.1) is 0 Å². The van der Waals surface area contributed by atoms with Crippen molar-refractivity contribution in [2.24, 2.45) is 10.8 Å². The third-order valence-electron chi connectivity index (χ3n) is 2.59. The fourth-order valence-corrected chi connectivity index (χ4v) is 1.56. The molecule has 0 saturated heterocycles. The number of halogens is 1. The van der Waals surface area contributed by atoms with Gasteiger partial charge in [-0.1, -0.05) is 18.2 Å². The number of amides is 1. The maximum absolute atomic E-state index is 13.4. The Balaban J connectivity index is 1.97. The Labute approximate surface area is 115 Å². The summed E-state index contributed by atoms with van der Waals surface area (Å²) in [6, 6.07) is 9.42. The molecular weight excluding hydrogens is 259 g/mol. The summed E-state index contributed by atoms with van der Waals surface area (Å²) in [5, 5.41) is 3.76. The number of aromatic nitrogens is 1. The van der Waals surface area contributed by atoms with Crippen LogP contribution in [0.3, 0.4) is 0 Å². The predicted molar refractivity (Wildman–Crippen MR) is 73.2 cm³/mol. The third kappa shape index (κ3) is 3.61. The minimum absolute atomic E-state index is 0.0974. The molecule has 0 atom stereocenters. The second-order valence-corrected chi connectivity index (χ2v) is 4.04.